The minimum absolute atomic E-state index is 0.0856. The normalized spacial score (nSPS) is 12.4. The molecule has 0 bridgehead atoms. The number of hydrogen-bond donors (Lipinski definition) is 1. The number of nitrogens with one attached hydrogen (secondary N) is 1. The lowest BCUT2D eigenvalue weighted by Crippen LogP contribution is -2.41. The first-order chi connectivity index (χ1) is 9.54. The molecule has 0 amide bonds. The van der Waals surface area contributed by atoms with Crippen LogP contribution in [0, 0.1) is 17.2 Å². The van der Waals surface area contributed by atoms with Crippen LogP contribution in [-0.4, -0.2) is 38.2 Å². The van der Waals surface area contributed by atoms with Crippen LogP contribution in [0.5, 0.6) is 5.75 Å². The molecule has 1 atom stereocenters. The van der Waals surface area contributed by atoms with E-state index in [1.807, 2.05) is 30.3 Å². The molecular formula is C16H25N3O. The summed E-state index contributed by atoms with van der Waals surface area (Å²) in [6.07, 6.45) is 0. The second-order valence-electron chi connectivity index (χ2n) is 5.55. The van der Waals surface area contributed by atoms with Gasteiger partial charge < -0.3 is 15.0 Å². The van der Waals surface area contributed by atoms with Gasteiger partial charge in [-0.2, -0.15) is 5.26 Å². The largest absolute Gasteiger partial charge is 0.478 e. The van der Waals surface area contributed by atoms with Gasteiger partial charge in [0.2, 0.25) is 0 Å². The van der Waals surface area contributed by atoms with E-state index in [0.29, 0.717) is 12.0 Å². The predicted molar refractivity (Wildman–Crippen MR) is 81.6 cm³/mol. The van der Waals surface area contributed by atoms with Crippen molar-refractivity contribution in [3.8, 4) is 11.8 Å². The summed E-state index contributed by atoms with van der Waals surface area (Å²) in [5, 5.41) is 12.2. The summed E-state index contributed by atoms with van der Waals surface area (Å²) in [6, 6.07) is 10.3. The molecule has 0 radical (unpaired) electrons. The molecule has 0 aliphatic rings. The van der Waals surface area contributed by atoms with Gasteiger partial charge in [-0.15, -0.1) is 0 Å². The third kappa shape index (κ3) is 5.60. The molecule has 1 unspecified atom stereocenters. The topological polar surface area (TPSA) is 48.3 Å². The smallest absolute Gasteiger partial charge is 0.174 e. The van der Waals surface area contributed by atoms with Crippen LogP contribution in [0.2, 0.25) is 0 Å². The molecule has 0 aromatic heterocycles. The first-order valence-electron chi connectivity index (χ1n) is 7.00. The summed E-state index contributed by atoms with van der Waals surface area (Å²) in [7, 11) is 4.17. The monoisotopic (exact) mass is 275 g/mol. The number of rotatable bonds is 8. The number of ether oxygens (including phenoxy) is 1. The molecule has 1 N–H and O–H groups in total. The first kappa shape index (κ1) is 16.5. The summed E-state index contributed by atoms with van der Waals surface area (Å²) >= 11 is 0. The lowest BCUT2D eigenvalue weighted by Gasteiger charge is -2.26. The number of likely N-dealkylation sites (N-methyl/N-ethyl adjacent to an activating group) is 1. The fraction of sp³-hybridized carbons (Fsp3) is 0.562. The van der Waals surface area contributed by atoms with Gasteiger partial charge in [-0.3, -0.25) is 0 Å². The highest BCUT2D eigenvalue weighted by atomic mass is 16.5. The maximum atomic E-state index is 8.61. The van der Waals surface area contributed by atoms with Gasteiger partial charge in [0.1, 0.15) is 11.8 Å². The molecule has 0 aliphatic carbocycles. The second-order valence-corrected chi connectivity index (χ2v) is 5.55. The van der Waals surface area contributed by atoms with E-state index in [1.54, 1.807) is 0 Å². The lowest BCUT2D eigenvalue weighted by molar-refractivity contribution is 0.286. The molecule has 0 saturated heterocycles. The molecule has 0 aliphatic heterocycles. The molecule has 4 nitrogen and oxygen atoms in total. The second kappa shape index (κ2) is 8.57. The maximum Gasteiger partial charge on any atom is 0.174 e. The van der Waals surface area contributed by atoms with Crippen LogP contribution < -0.4 is 10.1 Å². The Kier molecular flexibility index (Phi) is 7.06. The highest BCUT2D eigenvalue weighted by molar-refractivity contribution is 5.33. The predicted octanol–water partition coefficient (Wildman–Crippen LogP) is 2.26. The molecule has 1 aromatic carbocycles. The molecule has 4 heteroatoms. The van der Waals surface area contributed by atoms with E-state index >= 15 is 0 Å². The molecule has 0 saturated carbocycles. The van der Waals surface area contributed by atoms with Gasteiger partial charge >= 0.3 is 0 Å². The van der Waals surface area contributed by atoms with Crippen LogP contribution in [-0.2, 0) is 6.54 Å². The minimum Gasteiger partial charge on any atom is -0.478 e. The van der Waals surface area contributed by atoms with E-state index in [2.05, 4.69) is 38.2 Å². The summed E-state index contributed by atoms with van der Waals surface area (Å²) < 4.78 is 5.45. The Labute approximate surface area is 122 Å². The fourth-order valence-corrected chi connectivity index (χ4v) is 2.05. The number of para-hydroxylation sites is 1. The molecular weight excluding hydrogens is 250 g/mol. The third-order valence-corrected chi connectivity index (χ3v) is 3.19. The fourth-order valence-electron chi connectivity index (χ4n) is 2.05. The minimum atomic E-state index is 0.0856. The van der Waals surface area contributed by atoms with Crippen LogP contribution in [0.15, 0.2) is 24.3 Å². The van der Waals surface area contributed by atoms with Crippen molar-refractivity contribution in [3.63, 3.8) is 0 Å². The van der Waals surface area contributed by atoms with Gasteiger partial charge in [0, 0.05) is 24.7 Å². The molecule has 1 aromatic rings. The summed E-state index contributed by atoms with van der Waals surface area (Å²) in [6.45, 7) is 6.28. The van der Waals surface area contributed by atoms with E-state index in [1.165, 1.54) is 0 Å². The molecule has 0 heterocycles. The van der Waals surface area contributed by atoms with Gasteiger partial charge in [0.25, 0.3) is 0 Å². The molecule has 0 spiro atoms. The zero-order valence-corrected chi connectivity index (χ0v) is 12.9. The zero-order chi connectivity index (χ0) is 15.0. The zero-order valence-electron chi connectivity index (χ0n) is 12.9. The summed E-state index contributed by atoms with van der Waals surface area (Å²) in [5.41, 5.74) is 1.09. The van der Waals surface area contributed by atoms with E-state index < -0.39 is 0 Å². The quantitative estimate of drug-likeness (QED) is 0.790. The average molecular weight is 275 g/mol. The number of hydrogen-bond acceptors (Lipinski definition) is 4. The van der Waals surface area contributed by atoms with E-state index in [9.17, 15) is 0 Å². The van der Waals surface area contributed by atoms with Gasteiger partial charge in [-0.25, -0.2) is 0 Å². The number of benzene rings is 1. The Balaban J connectivity index is 2.65. The van der Waals surface area contributed by atoms with Crippen LogP contribution >= 0.6 is 0 Å². The van der Waals surface area contributed by atoms with Gasteiger partial charge in [0.15, 0.2) is 6.61 Å². The lowest BCUT2D eigenvalue weighted by atomic mass is 10.0. The first-order valence-corrected chi connectivity index (χ1v) is 7.00. The SMILES string of the molecule is CC(C)C(CN(C)C)NCc1ccccc1OCC#N. The molecule has 110 valence electrons. The van der Waals surface area contributed by atoms with E-state index in [-0.39, 0.29) is 6.61 Å². The highest BCUT2D eigenvalue weighted by Gasteiger charge is 2.14. The number of nitrogens with zero attached hydrogens (tertiary/aromatic N) is 2. The van der Waals surface area contributed by atoms with Crippen LogP contribution in [0.4, 0.5) is 0 Å². The Morgan fingerprint density at radius 2 is 2.00 bits per heavy atom. The van der Waals surface area contributed by atoms with Crippen LogP contribution in [0.3, 0.4) is 0 Å². The van der Waals surface area contributed by atoms with Crippen molar-refractivity contribution in [1.82, 2.24) is 10.2 Å². The van der Waals surface area contributed by atoms with Gasteiger partial charge in [-0.05, 0) is 26.1 Å². The molecule has 20 heavy (non-hydrogen) atoms. The Bertz CT molecular complexity index is 438. The standard InChI is InChI=1S/C16H25N3O/c1-13(2)15(12-19(3)4)18-11-14-7-5-6-8-16(14)20-10-9-17/h5-8,13,15,18H,10-12H2,1-4H3. The molecule has 0 fully saturated rings. The van der Waals surface area contributed by atoms with Crippen molar-refractivity contribution in [1.29, 1.82) is 5.26 Å². The molecule has 1 rings (SSSR count). The summed E-state index contributed by atoms with van der Waals surface area (Å²) in [4.78, 5) is 2.19. The van der Waals surface area contributed by atoms with E-state index in [4.69, 9.17) is 10.00 Å². The highest BCUT2D eigenvalue weighted by Crippen LogP contribution is 2.18. The van der Waals surface area contributed by atoms with Crippen molar-refractivity contribution in [3.05, 3.63) is 29.8 Å². The number of nitriles is 1. The third-order valence-electron chi connectivity index (χ3n) is 3.19. The van der Waals surface area contributed by atoms with Crippen LogP contribution in [0.1, 0.15) is 19.4 Å². The van der Waals surface area contributed by atoms with Gasteiger partial charge in [0.05, 0.1) is 0 Å². The van der Waals surface area contributed by atoms with Crippen molar-refractivity contribution in [2.24, 2.45) is 5.92 Å². The van der Waals surface area contributed by atoms with Crippen molar-refractivity contribution < 1.29 is 4.74 Å². The van der Waals surface area contributed by atoms with Crippen molar-refractivity contribution >= 4 is 0 Å². The van der Waals surface area contributed by atoms with Crippen molar-refractivity contribution in [2.45, 2.75) is 26.4 Å². The van der Waals surface area contributed by atoms with E-state index in [0.717, 1.165) is 24.4 Å². The summed E-state index contributed by atoms with van der Waals surface area (Å²) in [5.74, 6) is 1.35. The average Bonchev–Trinajstić information content (AvgIpc) is 2.41. The Hall–Kier alpha value is -1.57. The van der Waals surface area contributed by atoms with Gasteiger partial charge in [-0.1, -0.05) is 32.0 Å². The van der Waals surface area contributed by atoms with Crippen molar-refractivity contribution in [2.75, 3.05) is 27.2 Å². The Morgan fingerprint density at radius 1 is 1.30 bits per heavy atom. The maximum absolute atomic E-state index is 8.61. The Morgan fingerprint density at radius 3 is 2.60 bits per heavy atom. The van der Waals surface area contributed by atoms with Crippen LogP contribution in [0.25, 0.3) is 0 Å².